The van der Waals surface area contributed by atoms with Gasteiger partial charge in [-0.3, -0.25) is 0 Å². The highest BCUT2D eigenvalue weighted by Gasteiger charge is 2.01. The van der Waals surface area contributed by atoms with E-state index in [4.69, 9.17) is 13.0 Å². The minimum atomic E-state index is -2.62. The molecule has 0 fully saturated rings. The molecule has 0 heterocycles. The van der Waals surface area contributed by atoms with E-state index in [1.165, 1.54) is 0 Å². The third kappa shape index (κ3) is 1.72. The van der Waals surface area contributed by atoms with Crippen LogP contribution in [0.5, 0.6) is 0 Å². The lowest BCUT2D eigenvalue weighted by Crippen LogP contribution is -2.13. The minimum Gasteiger partial charge on any atom is -0.479 e. The van der Waals surface area contributed by atoms with Crippen LogP contribution in [-0.4, -0.2) is 22.3 Å². The zero-order chi connectivity index (χ0) is 6.78. The lowest BCUT2D eigenvalue weighted by atomic mass is 10.6. The zero-order valence-corrected chi connectivity index (χ0v) is 3.01. The summed E-state index contributed by atoms with van der Waals surface area (Å²) in [4.78, 5) is 9.69. The van der Waals surface area contributed by atoms with Crippen LogP contribution in [0.4, 0.5) is 0 Å². The molecule has 0 saturated heterocycles. The molecule has 2 N–H and O–H groups in total. The van der Waals surface area contributed by atoms with Crippen LogP contribution in [0.2, 0.25) is 0 Å². The average Bonchev–Trinajstić information content (AvgIpc) is 1.67. The largest absolute Gasteiger partial charge is 0.479 e. The molecule has 3 nitrogen and oxygen atoms in total. The van der Waals surface area contributed by atoms with Crippen molar-refractivity contribution in [3.05, 3.63) is 0 Å². The maximum atomic E-state index is 9.69. The van der Waals surface area contributed by atoms with E-state index in [-0.39, 0.29) is 0 Å². The first kappa shape index (κ1) is 2.58. The van der Waals surface area contributed by atoms with Crippen molar-refractivity contribution in [2.45, 2.75) is 13.0 Å². The second kappa shape index (κ2) is 1.77. The van der Waals surface area contributed by atoms with Gasteiger partial charge in [0.1, 0.15) is 6.08 Å². The van der Waals surface area contributed by atoms with Crippen LogP contribution in [0.3, 0.4) is 0 Å². The molecule has 0 radical (unpaired) electrons. The Morgan fingerprint density at radius 2 is 2.83 bits per heavy atom. The van der Waals surface area contributed by atoms with E-state index in [2.05, 4.69) is 0 Å². The van der Waals surface area contributed by atoms with Crippen molar-refractivity contribution in [3.8, 4) is 0 Å². The summed E-state index contributed by atoms with van der Waals surface area (Å²) in [5, 5.41) is 16.2. The minimum absolute atomic E-state index is 0.845. The van der Waals surface area contributed by atoms with Gasteiger partial charge in [-0.05, 0) is 6.90 Å². The van der Waals surface area contributed by atoms with Crippen LogP contribution in [0.15, 0.2) is 0 Å². The van der Waals surface area contributed by atoms with Gasteiger partial charge in [-0.15, -0.1) is 0 Å². The SMILES string of the molecule is [2H][13CH2]C([2H])(O)C(=O)O. The summed E-state index contributed by atoms with van der Waals surface area (Å²) in [6.45, 7) is -0.845. The summed E-state index contributed by atoms with van der Waals surface area (Å²) >= 11 is 0. The van der Waals surface area contributed by atoms with Crippen LogP contribution < -0.4 is 0 Å². The first-order valence-electron chi connectivity index (χ1n) is 2.46. The fourth-order valence-electron chi connectivity index (χ4n) is 0. The van der Waals surface area contributed by atoms with Crippen LogP contribution in [0.25, 0.3) is 0 Å². The average molecular weight is 93.1 g/mol. The third-order valence-corrected chi connectivity index (χ3v) is 0.247. The number of carbonyl (C=O) groups is 1. The predicted molar refractivity (Wildman–Crippen MR) is 19.3 cm³/mol. The first-order chi connectivity index (χ1) is 3.50. The molecule has 0 amide bonds. The van der Waals surface area contributed by atoms with E-state index >= 15 is 0 Å². The molecule has 0 aromatic carbocycles. The molecule has 1 atom stereocenters. The van der Waals surface area contributed by atoms with Crippen molar-refractivity contribution in [3.63, 3.8) is 0 Å². The molecule has 0 aliphatic rings. The standard InChI is InChI=1S/C3H6O3/c1-2(4)3(5)6/h2,4H,1H3,(H,5,6)/i1+1D,2D. The normalized spacial score (nSPS) is 23.5. The van der Waals surface area contributed by atoms with Crippen molar-refractivity contribution < 1.29 is 17.7 Å². The fraction of sp³-hybridized carbons (Fsp3) is 0.667. The summed E-state index contributed by atoms with van der Waals surface area (Å²) < 4.78 is 12.7. The van der Waals surface area contributed by atoms with E-state index in [0.29, 0.717) is 0 Å². The Labute approximate surface area is 38.0 Å². The summed E-state index contributed by atoms with van der Waals surface area (Å²) in [5.74, 6) is -1.69. The number of hydrogen-bond donors (Lipinski definition) is 2. The monoisotopic (exact) mass is 93.0 g/mol. The number of carboxylic acids is 1. The highest BCUT2D eigenvalue weighted by molar-refractivity contribution is 5.71. The molecule has 0 saturated carbocycles. The van der Waals surface area contributed by atoms with Gasteiger partial charge in [0.25, 0.3) is 0 Å². The molecule has 3 heteroatoms. The van der Waals surface area contributed by atoms with Crippen molar-refractivity contribution in [1.82, 2.24) is 0 Å². The Kier molecular flexibility index (Phi) is 0.759. The molecule has 0 bridgehead atoms. The van der Waals surface area contributed by atoms with E-state index in [9.17, 15) is 4.79 Å². The van der Waals surface area contributed by atoms with Gasteiger partial charge in [0, 0.05) is 1.37 Å². The molecule has 6 heavy (non-hydrogen) atoms. The number of rotatable bonds is 1. The van der Waals surface area contributed by atoms with Crippen molar-refractivity contribution in [2.75, 3.05) is 0 Å². The van der Waals surface area contributed by atoms with Crippen molar-refractivity contribution in [1.29, 1.82) is 0 Å². The van der Waals surface area contributed by atoms with Crippen LogP contribution in [-0.2, 0) is 4.79 Å². The lowest BCUT2D eigenvalue weighted by Gasteiger charge is -1.89. The van der Waals surface area contributed by atoms with Gasteiger partial charge in [0.15, 0.2) is 0 Å². The first-order valence-corrected chi connectivity index (χ1v) is 1.25. The van der Waals surface area contributed by atoms with Gasteiger partial charge in [-0.1, -0.05) is 0 Å². The van der Waals surface area contributed by atoms with Crippen molar-refractivity contribution in [2.24, 2.45) is 0 Å². The van der Waals surface area contributed by atoms with Gasteiger partial charge in [0.05, 0.1) is 1.37 Å². The Hall–Kier alpha value is -0.570. The number of hydrogen-bond acceptors (Lipinski definition) is 2. The second-order valence-electron chi connectivity index (χ2n) is 0.752. The summed E-state index contributed by atoms with van der Waals surface area (Å²) in [6.07, 6.45) is -2.62. The summed E-state index contributed by atoms with van der Waals surface area (Å²) in [7, 11) is 0. The molecule has 36 valence electrons. The maximum Gasteiger partial charge on any atom is 0.332 e. The number of aliphatic hydroxyl groups is 1. The molecular weight excluding hydrogens is 85.0 g/mol. The maximum absolute atomic E-state index is 9.69. The Balaban J connectivity index is 3.91. The predicted octanol–water partition coefficient (Wildman–Crippen LogP) is -0.548. The highest BCUT2D eigenvalue weighted by Crippen LogP contribution is 1.73. The topological polar surface area (TPSA) is 57.5 Å². The summed E-state index contributed by atoms with van der Waals surface area (Å²) in [5.41, 5.74) is 0. The fourth-order valence-corrected chi connectivity index (χ4v) is 0. The van der Waals surface area contributed by atoms with E-state index in [1.807, 2.05) is 0 Å². The van der Waals surface area contributed by atoms with Crippen LogP contribution in [0, 0.1) is 0 Å². The third-order valence-electron chi connectivity index (χ3n) is 0.247. The van der Waals surface area contributed by atoms with E-state index in [0.717, 1.165) is 0 Å². The van der Waals surface area contributed by atoms with Gasteiger partial charge >= 0.3 is 5.97 Å². The van der Waals surface area contributed by atoms with Gasteiger partial charge in [0.2, 0.25) is 0 Å². The van der Waals surface area contributed by atoms with Crippen LogP contribution >= 0.6 is 0 Å². The van der Waals surface area contributed by atoms with Gasteiger partial charge < -0.3 is 10.2 Å². The molecule has 0 aliphatic carbocycles. The lowest BCUT2D eigenvalue weighted by molar-refractivity contribution is -0.145. The molecule has 1 unspecified atom stereocenters. The van der Waals surface area contributed by atoms with Crippen molar-refractivity contribution >= 4 is 5.97 Å². The molecule has 0 aromatic rings. The molecular formula is C3H6O3. The van der Waals surface area contributed by atoms with E-state index in [1.54, 1.807) is 0 Å². The molecule has 0 aromatic heterocycles. The quantitative estimate of drug-likeness (QED) is 0.428. The highest BCUT2D eigenvalue weighted by atomic mass is 16.4. The smallest absolute Gasteiger partial charge is 0.332 e. The van der Waals surface area contributed by atoms with E-state index < -0.39 is 18.9 Å². The zero-order valence-electron chi connectivity index (χ0n) is 5.01. The summed E-state index contributed by atoms with van der Waals surface area (Å²) in [6, 6.07) is 0. The van der Waals surface area contributed by atoms with Gasteiger partial charge in [-0.25, -0.2) is 4.79 Å². The Morgan fingerprint density at radius 1 is 2.33 bits per heavy atom. The molecule has 0 spiro atoms. The van der Waals surface area contributed by atoms with Crippen LogP contribution in [0.1, 0.15) is 9.64 Å². The molecule has 0 rings (SSSR count). The Bertz CT molecular complexity index is 101. The number of carboxylic acid groups (broad SMARTS) is 1. The van der Waals surface area contributed by atoms with Gasteiger partial charge in [-0.2, -0.15) is 0 Å². The second-order valence-corrected chi connectivity index (χ2v) is 0.752. The molecule has 0 aliphatic heterocycles. The Morgan fingerprint density at radius 3 is 2.83 bits per heavy atom. The number of aliphatic carboxylic acids is 1.